The lowest BCUT2D eigenvalue weighted by molar-refractivity contribution is -0.139. The molecule has 7 nitrogen and oxygen atoms in total. The molecular formula is C25H32BrN3O4S. The molecule has 2 aromatic carbocycles. The molecule has 0 saturated heterocycles. The van der Waals surface area contributed by atoms with E-state index in [-0.39, 0.29) is 18.5 Å². The molecule has 0 bridgehead atoms. The lowest BCUT2D eigenvalue weighted by Crippen LogP contribution is -2.52. The van der Waals surface area contributed by atoms with Crippen LogP contribution in [0.2, 0.25) is 0 Å². The third-order valence-electron chi connectivity index (χ3n) is 6.26. The highest BCUT2D eigenvalue weighted by Gasteiger charge is 2.31. The van der Waals surface area contributed by atoms with Crippen LogP contribution >= 0.6 is 15.9 Å². The summed E-state index contributed by atoms with van der Waals surface area (Å²) in [6.07, 6.45) is 5.12. The minimum Gasteiger partial charge on any atom is -0.352 e. The Morgan fingerprint density at radius 2 is 1.71 bits per heavy atom. The van der Waals surface area contributed by atoms with Crippen molar-refractivity contribution in [2.75, 3.05) is 17.1 Å². The Bertz CT molecular complexity index is 1120. The molecule has 2 amide bonds. The number of hydrogen-bond acceptors (Lipinski definition) is 4. The van der Waals surface area contributed by atoms with Crippen LogP contribution in [0.25, 0.3) is 0 Å². The van der Waals surface area contributed by atoms with Gasteiger partial charge in [0.2, 0.25) is 21.8 Å². The van der Waals surface area contributed by atoms with Crippen molar-refractivity contribution >= 4 is 43.5 Å². The van der Waals surface area contributed by atoms with Gasteiger partial charge in [-0.1, -0.05) is 53.0 Å². The largest absolute Gasteiger partial charge is 0.352 e. The Hall–Kier alpha value is -2.39. The molecule has 0 aromatic heterocycles. The van der Waals surface area contributed by atoms with Crippen LogP contribution in [0, 0.1) is 6.92 Å². The van der Waals surface area contributed by atoms with Crippen molar-refractivity contribution in [1.29, 1.82) is 0 Å². The summed E-state index contributed by atoms with van der Waals surface area (Å²) < 4.78 is 27.0. The van der Waals surface area contributed by atoms with Gasteiger partial charge >= 0.3 is 0 Å². The third-order valence-corrected chi connectivity index (χ3v) is 7.93. The highest BCUT2D eigenvalue weighted by atomic mass is 79.9. The number of amides is 2. The van der Waals surface area contributed by atoms with Crippen LogP contribution in [0.15, 0.2) is 53.0 Å². The number of aryl methyl sites for hydroxylation is 1. The summed E-state index contributed by atoms with van der Waals surface area (Å²) in [5.41, 5.74) is 2.29. The predicted molar refractivity (Wildman–Crippen MR) is 138 cm³/mol. The van der Waals surface area contributed by atoms with Crippen molar-refractivity contribution < 1.29 is 18.0 Å². The Balaban J connectivity index is 1.88. The Kier molecular flexibility index (Phi) is 8.76. The summed E-state index contributed by atoms with van der Waals surface area (Å²) in [6, 6.07) is 13.8. The van der Waals surface area contributed by atoms with Crippen LogP contribution in [-0.4, -0.2) is 50.0 Å². The molecule has 1 atom stereocenters. The third kappa shape index (κ3) is 6.82. The first kappa shape index (κ1) is 26.2. The lowest BCUT2D eigenvalue weighted by atomic mass is 10.1. The van der Waals surface area contributed by atoms with Crippen LogP contribution in [0.1, 0.15) is 43.7 Å². The van der Waals surface area contributed by atoms with E-state index in [1.807, 2.05) is 31.2 Å². The predicted octanol–water partition coefficient (Wildman–Crippen LogP) is 4.00. The summed E-state index contributed by atoms with van der Waals surface area (Å²) in [4.78, 5) is 28.1. The second-order valence-electron chi connectivity index (χ2n) is 8.86. The highest BCUT2D eigenvalue weighted by Crippen LogP contribution is 2.23. The minimum absolute atomic E-state index is 0.126. The van der Waals surface area contributed by atoms with E-state index < -0.39 is 28.5 Å². The van der Waals surface area contributed by atoms with Crippen LogP contribution < -0.4 is 9.62 Å². The average molecular weight is 551 g/mol. The molecule has 0 aliphatic heterocycles. The normalized spacial score (nSPS) is 15.1. The van der Waals surface area contributed by atoms with Crippen LogP contribution in [-0.2, 0) is 26.2 Å². The number of sulfonamides is 1. The van der Waals surface area contributed by atoms with Gasteiger partial charge in [0.15, 0.2) is 0 Å². The number of hydrogen-bond donors (Lipinski definition) is 1. The van der Waals surface area contributed by atoms with Crippen molar-refractivity contribution in [2.45, 2.75) is 58.2 Å². The van der Waals surface area contributed by atoms with E-state index in [1.165, 1.54) is 4.90 Å². The number of nitrogens with one attached hydrogen (secondary N) is 1. The fourth-order valence-corrected chi connectivity index (χ4v) is 5.28. The number of nitrogens with zero attached hydrogens (tertiary/aromatic N) is 2. The molecule has 0 radical (unpaired) electrons. The molecule has 1 N–H and O–H groups in total. The number of benzene rings is 2. The highest BCUT2D eigenvalue weighted by molar-refractivity contribution is 9.10. The topological polar surface area (TPSA) is 86.8 Å². The second-order valence-corrected chi connectivity index (χ2v) is 11.7. The van der Waals surface area contributed by atoms with Gasteiger partial charge in [-0.2, -0.15) is 0 Å². The molecule has 0 heterocycles. The van der Waals surface area contributed by atoms with Gasteiger partial charge in [-0.05, 0) is 62.1 Å². The van der Waals surface area contributed by atoms with Crippen molar-refractivity contribution in [3.8, 4) is 0 Å². The number of rotatable bonds is 9. The lowest BCUT2D eigenvalue weighted by Gasteiger charge is -2.32. The molecule has 184 valence electrons. The smallest absolute Gasteiger partial charge is 0.244 e. The number of halogens is 1. The Morgan fingerprint density at radius 3 is 2.29 bits per heavy atom. The fraction of sp³-hybridized carbons (Fsp3) is 0.440. The van der Waals surface area contributed by atoms with Gasteiger partial charge < -0.3 is 10.2 Å². The van der Waals surface area contributed by atoms with Gasteiger partial charge in [0.1, 0.15) is 12.6 Å². The van der Waals surface area contributed by atoms with E-state index in [4.69, 9.17) is 0 Å². The summed E-state index contributed by atoms with van der Waals surface area (Å²) in [5.74, 6) is -0.658. The first-order valence-electron chi connectivity index (χ1n) is 11.4. The number of carbonyl (C=O) groups excluding carboxylic acids is 2. The van der Waals surface area contributed by atoms with E-state index in [0.717, 1.165) is 51.8 Å². The molecule has 1 aliphatic rings. The summed E-state index contributed by atoms with van der Waals surface area (Å²) in [6.45, 7) is 3.47. The van der Waals surface area contributed by atoms with Crippen LogP contribution in [0.4, 0.5) is 5.69 Å². The summed E-state index contributed by atoms with van der Waals surface area (Å²) in [5, 5.41) is 3.07. The Morgan fingerprint density at radius 1 is 1.09 bits per heavy atom. The van der Waals surface area contributed by atoms with E-state index in [9.17, 15) is 18.0 Å². The molecule has 1 aliphatic carbocycles. The maximum atomic E-state index is 13.6. The monoisotopic (exact) mass is 549 g/mol. The Labute approximate surface area is 210 Å². The van der Waals surface area contributed by atoms with E-state index >= 15 is 0 Å². The standard InChI is InChI=1S/C25H32BrN3O4S/c1-18-8-4-5-9-20(18)16-28(19(2)25(31)27-22-10-6-7-11-22)24(30)17-29(34(3,32)33)23-14-12-21(26)13-15-23/h4-5,8-9,12-15,19,22H,6-7,10-11,16-17H2,1-3H3,(H,27,31)/t19-/m1/s1. The molecule has 0 spiro atoms. The first-order valence-corrected chi connectivity index (χ1v) is 14.1. The summed E-state index contributed by atoms with van der Waals surface area (Å²) in [7, 11) is -3.74. The molecule has 3 rings (SSSR count). The van der Waals surface area contributed by atoms with E-state index in [2.05, 4.69) is 21.2 Å². The average Bonchev–Trinajstić information content (AvgIpc) is 3.29. The van der Waals surface area contributed by atoms with Crippen molar-refractivity contribution in [3.63, 3.8) is 0 Å². The zero-order valence-corrected chi connectivity index (χ0v) is 22.2. The quantitative estimate of drug-likeness (QED) is 0.512. The van der Waals surface area contributed by atoms with Gasteiger partial charge in [-0.25, -0.2) is 8.42 Å². The van der Waals surface area contributed by atoms with Gasteiger partial charge in [0.05, 0.1) is 11.9 Å². The number of carbonyl (C=O) groups is 2. The second kappa shape index (κ2) is 11.4. The maximum Gasteiger partial charge on any atom is 0.244 e. The van der Waals surface area contributed by atoms with Gasteiger partial charge in [0, 0.05) is 17.1 Å². The van der Waals surface area contributed by atoms with Gasteiger partial charge in [-0.3, -0.25) is 13.9 Å². The summed E-state index contributed by atoms with van der Waals surface area (Å²) >= 11 is 3.35. The van der Waals surface area contributed by atoms with Crippen molar-refractivity contribution in [1.82, 2.24) is 10.2 Å². The molecular weight excluding hydrogens is 518 g/mol. The first-order chi connectivity index (χ1) is 16.1. The molecule has 0 unspecified atom stereocenters. The van der Waals surface area contributed by atoms with Crippen molar-refractivity contribution in [3.05, 3.63) is 64.1 Å². The van der Waals surface area contributed by atoms with Crippen LogP contribution in [0.3, 0.4) is 0 Å². The van der Waals surface area contributed by atoms with Gasteiger partial charge in [0.25, 0.3) is 0 Å². The van der Waals surface area contributed by atoms with E-state index in [0.29, 0.717) is 5.69 Å². The van der Waals surface area contributed by atoms with Crippen molar-refractivity contribution in [2.24, 2.45) is 0 Å². The molecule has 34 heavy (non-hydrogen) atoms. The molecule has 9 heteroatoms. The number of anilines is 1. The SMILES string of the molecule is Cc1ccccc1CN(C(=O)CN(c1ccc(Br)cc1)S(C)(=O)=O)[C@H](C)C(=O)NC1CCCC1. The fourth-order valence-electron chi connectivity index (χ4n) is 4.17. The minimum atomic E-state index is -3.74. The maximum absolute atomic E-state index is 13.6. The molecule has 2 aromatic rings. The zero-order valence-electron chi connectivity index (χ0n) is 19.8. The van der Waals surface area contributed by atoms with Crippen LogP contribution in [0.5, 0.6) is 0 Å². The van der Waals surface area contributed by atoms with Gasteiger partial charge in [-0.15, -0.1) is 0 Å². The van der Waals surface area contributed by atoms with E-state index in [1.54, 1.807) is 31.2 Å². The molecule has 1 fully saturated rings. The molecule has 1 saturated carbocycles. The zero-order chi connectivity index (χ0) is 24.9.